The van der Waals surface area contributed by atoms with Crippen molar-refractivity contribution >= 4 is 0 Å². The molecule has 0 saturated heterocycles. The van der Waals surface area contributed by atoms with Crippen LogP contribution in [0.25, 0.3) is 0 Å². The van der Waals surface area contributed by atoms with Crippen molar-refractivity contribution in [2.24, 2.45) is 5.92 Å². The molecule has 13 heavy (non-hydrogen) atoms. The summed E-state index contributed by atoms with van der Waals surface area (Å²) in [5, 5.41) is 18.4. The zero-order valence-electron chi connectivity index (χ0n) is 8.41. The molecule has 0 spiro atoms. The van der Waals surface area contributed by atoms with E-state index in [1.807, 2.05) is 0 Å². The molecular weight excluding hydrogens is 164 g/mol. The highest BCUT2D eigenvalue weighted by atomic mass is 16.3. The average molecular weight is 186 g/mol. The number of hydrogen-bond donors (Lipinski definition) is 2. The molecule has 78 valence electrons. The fourth-order valence-electron chi connectivity index (χ4n) is 2.22. The van der Waals surface area contributed by atoms with Gasteiger partial charge >= 0.3 is 0 Å². The van der Waals surface area contributed by atoms with Gasteiger partial charge in [-0.2, -0.15) is 0 Å². The lowest BCUT2D eigenvalue weighted by atomic mass is 9.92. The summed E-state index contributed by atoms with van der Waals surface area (Å²) in [7, 11) is 0. The maximum Gasteiger partial charge on any atom is 0.0568 e. The van der Waals surface area contributed by atoms with Gasteiger partial charge in [-0.3, -0.25) is 0 Å². The smallest absolute Gasteiger partial charge is 0.0568 e. The van der Waals surface area contributed by atoms with Gasteiger partial charge in [0, 0.05) is 6.61 Å². The van der Waals surface area contributed by atoms with Crippen molar-refractivity contribution < 1.29 is 10.2 Å². The molecule has 1 aliphatic carbocycles. The van der Waals surface area contributed by atoms with Crippen LogP contribution in [0.15, 0.2) is 0 Å². The summed E-state index contributed by atoms with van der Waals surface area (Å²) >= 11 is 0. The molecule has 0 aliphatic heterocycles. The predicted octanol–water partition coefficient (Wildman–Crippen LogP) is 2.09. The molecule has 2 unspecified atom stereocenters. The number of unbranched alkanes of at least 4 members (excludes halogenated alkanes) is 1. The third kappa shape index (κ3) is 4.10. The molecule has 0 bridgehead atoms. The van der Waals surface area contributed by atoms with Gasteiger partial charge in [-0.1, -0.05) is 25.7 Å². The van der Waals surface area contributed by atoms with Crippen LogP contribution < -0.4 is 0 Å². The van der Waals surface area contributed by atoms with Crippen molar-refractivity contribution in [2.75, 3.05) is 6.61 Å². The van der Waals surface area contributed by atoms with Crippen molar-refractivity contribution in [1.29, 1.82) is 0 Å². The molecule has 0 aromatic carbocycles. The minimum Gasteiger partial charge on any atom is -0.396 e. The second-order valence-electron chi connectivity index (χ2n) is 4.18. The highest BCUT2D eigenvalue weighted by Gasteiger charge is 2.20. The summed E-state index contributed by atoms with van der Waals surface area (Å²) in [6.07, 6.45) is 8.92. The summed E-state index contributed by atoms with van der Waals surface area (Å²) < 4.78 is 0. The predicted molar refractivity (Wildman–Crippen MR) is 53.5 cm³/mol. The number of aliphatic hydroxyl groups is 2. The first kappa shape index (κ1) is 11.0. The van der Waals surface area contributed by atoms with Crippen molar-refractivity contribution in [3.63, 3.8) is 0 Å². The summed E-state index contributed by atoms with van der Waals surface area (Å²) in [6.45, 7) is 0.294. The number of aliphatic hydroxyl groups excluding tert-OH is 2. The van der Waals surface area contributed by atoms with E-state index in [-0.39, 0.29) is 6.10 Å². The fraction of sp³-hybridized carbons (Fsp3) is 1.00. The first-order valence-electron chi connectivity index (χ1n) is 5.63. The van der Waals surface area contributed by atoms with Crippen molar-refractivity contribution in [3.8, 4) is 0 Å². The number of rotatable bonds is 4. The summed E-state index contributed by atoms with van der Waals surface area (Å²) in [4.78, 5) is 0. The topological polar surface area (TPSA) is 40.5 Å². The minimum absolute atomic E-state index is 0.0683. The molecule has 2 N–H and O–H groups in total. The summed E-state index contributed by atoms with van der Waals surface area (Å²) in [5.41, 5.74) is 0. The quantitative estimate of drug-likeness (QED) is 0.521. The van der Waals surface area contributed by atoms with Gasteiger partial charge in [-0.15, -0.1) is 0 Å². The van der Waals surface area contributed by atoms with Gasteiger partial charge in [-0.05, 0) is 31.6 Å². The monoisotopic (exact) mass is 186 g/mol. The Morgan fingerprint density at radius 1 is 1.00 bits per heavy atom. The van der Waals surface area contributed by atoms with Crippen LogP contribution in [0.2, 0.25) is 0 Å². The third-order valence-corrected chi connectivity index (χ3v) is 3.10. The van der Waals surface area contributed by atoms with E-state index >= 15 is 0 Å². The van der Waals surface area contributed by atoms with Crippen LogP contribution in [0.1, 0.15) is 51.4 Å². The van der Waals surface area contributed by atoms with Gasteiger partial charge in [0.25, 0.3) is 0 Å². The van der Waals surface area contributed by atoms with E-state index in [0.717, 1.165) is 25.7 Å². The van der Waals surface area contributed by atoms with Crippen molar-refractivity contribution in [2.45, 2.75) is 57.5 Å². The third-order valence-electron chi connectivity index (χ3n) is 3.10. The van der Waals surface area contributed by atoms with Crippen LogP contribution in [0.3, 0.4) is 0 Å². The molecular formula is C11H22O2. The zero-order chi connectivity index (χ0) is 9.52. The highest BCUT2D eigenvalue weighted by molar-refractivity contribution is 4.72. The zero-order valence-corrected chi connectivity index (χ0v) is 8.41. The summed E-state index contributed by atoms with van der Waals surface area (Å²) in [6, 6.07) is 0. The Morgan fingerprint density at radius 2 is 1.77 bits per heavy atom. The van der Waals surface area contributed by atoms with Crippen LogP contribution in [0.4, 0.5) is 0 Å². The molecule has 0 aromatic rings. The van der Waals surface area contributed by atoms with E-state index in [9.17, 15) is 5.11 Å². The lowest BCUT2D eigenvalue weighted by Gasteiger charge is -2.19. The van der Waals surface area contributed by atoms with Crippen molar-refractivity contribution in [3.05, 3.63) is 0 Å². The first-order chi connectivity index (χ1) is 6.34. The van der Waals surface area contributed by atoms with Gasteiger partial charge < -0.3 is 10.2 Å². The van der Waals surface area contributed by atoms with Gasteiger partial charge in [0.2, 0.25) is 0 Å². The van der Waals surface area contributed by atoms with E-state index in [1.54, 1.807) is 0 Å². The lowest BCUT2D eigenvalue weighted by Crippen LogP contribution is -2.18. The standard InChI is InChI=1S/C11H22O2/c12-9-5-4-7-10-6-2-1-3-8-11(10)13/h10-13H,1-9H2. The summed E-state index contributed by atoms with van der Waals surface area (Å²) in [5.74, 6) is 0.508. The van der Waals surface area contributed by atoms with Gasteiger partial charge in [0.15, 0.2) is 0 Å². The van der Waals surface area contributed by atoms with Crippen LogP contribution >= 0.6 is 0 Å². The van der Waals surface area contributed by atoms with Crippen molar-refractivity contribution in [1.82, 2.24) is 0 Å². The molecule has 0 radical (unpaired) electrons. The average Bonchev–Trinajstić information content (AvgIpc) is 2.32. The Kier molecular flexibility index (Phi) is 5.40. The van der Waals surface area contributed by atoms with Crippen LogP contribution in [-0.4, -0.2) is 22.9 Å². The Labute approximate surface area is 81.0 Å². The van der Waals surface area contributed by atoms with Gasteiger partial charge in [0.1, 0.15) is 0 Å². The van der Waals surface area contributed by atoms with Gasteiger partial charge in [0.05, 0.1) is 6.10 Å². The Balaban J connectivity index is 2.19. The SMILES string of the molecule is OCCCCC1CCCCCC1O. The molecule has 2 heteroatoms. The molecule has 2 atom stereocenters. The van der Waals surface area contributed by atoms with E-state index in [4.69, 9.17) is 5.11 Å². The second kappa shape index (κ2) is 6.39. The lowest BCUT2D eigenvalue weighted by molar-refractivity contribution is 0.0932. The maximum absolute atomic E-state index is 9.79. The molecule has 2 nitrogen and oxygen atoms in total. The Bertz CT molecular complexity index is 125. The second-order valence-corrected chi connectivity index (χ2v) is 4.18. The Morgan fingerprint density at radius 3 is 2.54 bits per heavy atom. The molecule has 0 aromatic heterocycles. The largest absolute Gasteiger partial charge is 0.396 e. The van der Waals surface area contributed by atoms with E-state index < -0.39 is 0 Å². The van der Waals surface area contributed by atoms with E-state index in [0.29, 0.717) is 12.5 Å². The fourth-order valence-corrected chi connectivity index (χ4v) is 2.22. The molecule has 1 saturated carbocycles. The van der Waals surface area contributed by atoms with Crippen LogP contribution in [0, 0.1) is 5.92 Å². The van der Waals surface area contributed by atoms with E-state index in [1.165, 1.54) is 25.7 Å². The first-order valence-corrected chi connectivity index (χ1v) is 5.63. The minimum atomic E-state index is -0.0683. The molecule has 1 rings (SSSR count). The van der Waals surface area contributed by atoms with E-state index in [2.05, 4.69) is 0 Å². The highest BCUT2D eigenvalue weighted by Crippen LogP contribution is 2.27. The molecule has 0 heterocycles. The maximum atomic E-state index is 9.79. The van der Waals surface area contributed by atoms with Gasteiger partial charge in [-0.25, -0.2) is 0 Å². The normalized spacial score (nSPS) is 30.0. The van der Waals surface area contributed by atoms with Crippen LogP contribution in [0.5, 0.6) is 0 Å². The van der Waals surface area contributed by atoms with Crippen LogP contribution in [-0.2, 0) is 0 Å². The molecule has 1 aliphatic rings. The molecule has 0 amide bonds. The molecule has 1 fully saturated rings. The number of hydrogen-bond acceptors (Lipinski definition) is 2. The Hall–Kier alpha value is -0.0800.